The van der Waals surface area contributed by atoms with Crippen molar-refractivity contribution in [2.24, 2.45) is 0 Å². The molecule has 1 N–H and O–H groups in total. The van der Waals surface area contributed by atoms with Gasteiger partial charge in [-0.25, -0.2) is 14.0 Å². The van der Waals surface area contributed by atoms with Crippen LogP contribution in [-0.2, 0) is 0 Å². The second-order valence-electron chi connectivity index (χ2n) is 4.07. The summed E-state index contributed by atoms with van der Waals surface area (Å²) in [7, 11) is 1.49. The number of ether oxygens (including phenoxy) is 2. The molecule has 0 saturated carbocycles. The summed E-state index contributed by atoms with van der Waals surface area (Å²) < 4.78 is 23.5. The van der Waals surface area contributed by atoms with E-state index in [1.807, 2.05) is 0 Å². The number of halogens is 1. The largest absolute Gasteiger partial charge is 0.497 e. The van der Waals surface area contributed by atoms with Gasteiger partial charge >= 0.3 is 11.9 Å². The van der Waals surface area contributed by atoms with Crippen molar-refractivity contribution in [2.75, 3.05) is 7.11 Å². The van der Waals surface area contributed by atoms with Crippen molar-refractivity contribution in [1.82, 2.24) is 0 Å². The molecule has 0 fully saturated rings. The van der Waals surface area contributed by atoms with E-state index in [2.05, 4.69) is 0 Å². The summed E-state index contributed by atoms with van der Waals surface area (Å²) >= 11 is 0. The van der Waals surface area contributed by atoms with Gasteiger partial charge in [-0.15, -0.1) is 0 Å². The van der Waals surface area contributed by atoms with Crippen molar-refractivity contribution >= 4 is 11.9 Å². The first-order chi connectivity index (χ1) is 10.0. The molecule has 2 aromatic carbocycles. The smallest absolute Gasteiger partial charge is 0.343 e. The van der Waals surface area contributed by atoms with Gasteiger partial charge < -0.3 is 14.6 Å². The molecule has 2 aromatic rings. The molecule has 5 nitrogen and oxygen atoms in total. The van der Waals surface area contributed by atoms with Gasteiger partial charge in [-0.2, -0.15) is 0 Å². The highest BCUT2D eigenvalue weighted by atomic mass is 19.1. The third kappa shape index (κ3) is 3.36. The second kappa shape index (κ2) is 6.04. The molecule has 21 heavy (non-hydrogen) atoms. The highest BCUT2D eigenvalue weighted by Gasteiger charge is 2.14. The Kier molecular flexibility index (Phi) is 4.18. The lowest BCUT2D eigenvalue weighted by molar-refractivity contribution is 0.0696. The lowest BCUT2D eigenvalue weighted by atomic mass is 10.2. The van der Waals surface area contributed by atoms with Crippen molar-refractivity contribution in [1.29, 1.82) is 0 Å². The number of carbonyl (C=O) groups is 2. The molecule has 108 valence electrons. The van der Waals surface area contributed by atoms with Gasteiger partial charge in [0.2, 0.25) is 0 Å². The van der Waals surface area contributed by atoms with Gasteiger partial charge in [-0.3, -0.25) is 0 Å². The predicted molar refractivity (Wildman–Crippen MR) is 71.3 cm³/mol. The van der Waals surface area contributed by atoms with Crippen LogP contribution in [0, 0.1) is 5.82 Å². The van der Waals surface area contributed by atoms with E-state index in [0.29, 0.717) is 5.75 Å². The van der Waals surface area contributed by atoms with Crippen LogP contribution in [0.2, 0.25) is 0 Å². The Morgan fingerprint density at radius 3 is 2.19 bits per heavy atom. The van der Waals surface area contributed by atoms with Crippen LogP contribution >= 0.6 is 0 Å². The first kappa shape index (κ1) is 14.5. The van der Waals surface area contributed by atoms with Crippen LogP contribution in [0.15, 0.2) is 42.5 Å². The molecule has 0 aliphatic heterocycles. The Hall–Kier alpha value is -2.89. The molecule has 0 aromatic heterocycles. The Bertz CT molecular complexity index is 679. The molecule has 0 bridgehead atoms. The van der Waals surface area contributed by atoms with Gasteiger partial charge in [0.25, 0.3) is 0 Å². The third-order valence-corrected chi connectivity index (χ3v) is 2.71. The first-order valence-corrected chi connectivity index (χ1v) is 5.90. The zero-order valence-corrected chi connectivity index (χ0v) is 11.0. The number of methoxy groups -OCH3 is 1. The van der Waals surface area contributed by atoms with E-state index in [0.717, 1.165) is 18.2 Å². The van der Waals surface area contributed by atoms with Crippen molar-refractivity contribution in [3.63, 3.8) is 0 Å². The van der Waals surface area contributed by atoms with Crippen LogP contribution in [-0.4, -0.2) is 24.2 Å². The van der Waals surface area contributed by atoms with Crippen molar-refractivity contribution in [3.05, 3.63) is 59.4 Å². The molecule has 0 radical (unpaired) electrons. The number of rotatable bonds is 4. The van der Waals surface area contributed by atoms with Crippen LogP contribution in [0.5, 0.6) is 11.5 Å². The molecule has 6 heteroatoms. The van der Waals surface area contributed by atoms with Gasteiger partial charge in [0.05, 0.1) is 18.2 Å². The average molecular weight is 290 g/mol. The minimum Gasteiger partial charge on any atom is -0.497 e. The Labute approximate surface area is 119 Å². The number of benzene rings is 2. The van der Waals surface area contributed by atoms with Crippen LogP contribution in [0.3, 0.4) is 0 Å². The van der Waals surface area contributed by atoms with E-state index >= 15 is 0 Å². The van der Waals surface area contributed by atoms with Crippen LogP contribution in [0.4, 0.5) is 4.39 Å². The topological polar surface area (TPSA) is 72.8 Å². The summed E-state index contributed by atoms with van der Waals surface area (Å²) in [5, 5.41) is 8.72. The maximum atomic E-state index is 13.6. The number of hydrogen-bond donors (Lipinski definition) is 1. The Morgan fingerprint density at radius 2 is 1.67 bits per heavy atom. The van der Waals surface area contributed by atoms with Crippen LogP contribution < -0.4 is 9.47 Å². The molecule has 0 aliphatic rings. The monoisotopic (exact) mass is 290 g/mol. The van der Waals surface area contributed by atoms with Crippen molar-refractivity contribution in [2.45, 2.75) is 0 Å². The lowest BCUT2D eigenvalue weighted by Gasteiger charge is -2.06. The molecule has 0 atom stereocenters. The summed E-state index contributed by atoms with van der Waals surface area (Å²) in [5.74, 6) is -2.69. The first-order valence-electron chi connectivity index (χ1n) is 5.90. The lowest BCUT2D eigenvalue weighted by Crippen LogP contribution is -2.10. The van der Waals surface area contributed by atoms with Crippen molar-refractivity contribution in [3.8, 4) is 11.5 Å². The van der Waals surface area contributed by atoms with Crippen LogP contribution in [0.25, 0.3) is 0 Å². The van der Waals surface area contributed by atoms with Gasteiger partial charge in [0.15, 0.2) is 11.6 Å². The molecule has 0 aliphatic carbocycles. The van der Waals surface area contributed by atoms with E-state index in [1.165, 1.54) is 19.2 Å². The third-order valence-electron chi connectivity index (χ3n) is 2.71. The second-order valence-corrected chi connectivity index (χ2v) is 4.07. The molecule has 0 unspecified atom stereocenters. The summed E-state index contributed by atoms with van der Waals surface area (Å²) in [6, 6.07) is 9.14. The fraction of sp³-hybridized carbons (Fsp3) is 0.0667. The van der Waals surface area contributed by atoms with E-state index in [-0.39, 0.29) is 16.9 Å². The molecule has 0 spiro atoms. The van der Waals surface area contributed by atoms with Crippen LogP contribution in [0.1, 0.15) is 20.7 Å². The maximum Gasteiger partial charge on any atom is 0.343 e. The zero-order valence-electron chi connectivity index (χ0n) is 11.0. The minimum absolute atomic E-state index is 0.220. The number of aromatic carboxylic acids is 1. The van der Waals surface area contributed by atoms with Gasteiger partial charge in [0.1, 0.15) is 5.75 Å². The standard InChI is InChI=1S/C15H11FO5/c1-20-11-5-2-9(3-6-11)15(19)21-13-7-4-10(14(17)18)8-12(13)16/h2-8H,1H3,(H,17,18). The SMILES string of the molecule is COc1ccc(C(=O)Oc2ccc(C(=O)O)cc2F)cc1. The van der Waals surface area contributed by atoms with Gasteiger partial charge in [0, 0.05) is 0 Å². The quantitative estimate of drug-likeness (QED) is 0.692. The molecule has 0 heterocycles. The fourth-order valence-corrected chi connectivity index (χ4v) is 1.60. The summed E-state index contributed by atoms with van der Waals surface area (Å²) in [6.07, 6.45) is 0. The predicted octanol–water partition coefficient (Wildman–Crippen LogP) is 2.75. The van der Waals surface area contributed by atoms with E-state index in [4.69, 9.17) is 14.6 Å². The highest BCUT2D eigenvalue weighted by molar-refractivity contribution is 5.91. The number of hydrogen-bond acceptors (Lipinski definition) is 4. The average Bonchev–Trinajstić information content (AvgIpc) is 2.49. The fourth-order valence-electron chi connectivity index (χ4n) is 1.60. The Balaban J connectivity index is 2.17. The number of carbonyl (C=O) groups excluding carboxylic acids is 1. The summed E-state index contributed by atoms with van der Waals surface area (Å²) in [6.45, 7) is 0. The minimum atomic E-state index is -1.26. The molecule has 2 rings (SSSR count). The molecule has 0 saturated heterocycles. The molecular formula is C15H11FO5. The van der Waals surface area contributed by atoms with E-state index in [9.17, 15) is 14.0 Å². The zero-order chi connectivity index (χ0) is 15.4. The maximum absolute atomic E-state index is 13.6. The Morgan fingerprint density at radius 1 is 1.05 bits per heavy atom. The van der Waals surface area contributed by atoms with Crippen molar-refractivity contribution < 1.29 is 28.6 Å². The van der Waals surface area contributed by atoms with E-state index < -0.39 is 17.8 Å². The number of carboxylic acid groups (broad SMARTS) is 1. The highest BCUT2D eigenvalue weighted by Crippen LogP contribution is 2.20. The summed E-state index contributed by atoms with van der Waals surface area (Å²) in [5.41, 5.74) is -0.00532. The summed E-state index contributed by atoms with van der Waals surface area (Å²) in [4.78, 5) is 22.5. The van der Waals surface area contributed by atoms with E-state index in [1.54, 1.807) is 12.1 Å². The van der Waals surface area contributed by atoms with Gasteiger partial charge in [-0.05, 0) is 42.5 Å². The number of carboxylic acids is 1. The number of esters is 1. The molecule has 0 amide bonds. The molecular weight excluding hydrogens is 279 g/mol. The normalized spacial score (nSPS) is 10.0. The van der Waals surface area contributed by atoms with Gasteiger partial charge in [-0.1, -0.05) is 0 Å².